The second-order valence-electron chi connectivity index (χ2n) is 8.47. The lowest BCUT2D eigenvalue weighted by Gasteiger charge is -2.56. The molecule has 4 heterocycles. The number of carbonyl (C=O) groups excluding carboxylic acids is 2. The third-order valence-corrected chi connectivity index (χ3v) is 6.70. The Morgan fingerprint density at radius 1 is 1.31 bits per heavy atom. The number of hydrogen-bond acceptors (Lipinski definition) is 5. The van der Waals surface area contributed by atoms with E-state index >= 15 is 0 Å². The van der Waals surface area contributed by atoms with Crippen molar-refractivity contribution in [1.29, 1.82) is 0 Å². The fourth-order valence-corrected chi connectivity index (χ4v) is 5.44. The molecule has 0 saturated carbocycles. The molecular weight excluding hydrogens is 368 g/mol. The van der Waals surface area contributed by atoms with Crippen molar-refractivity contribution < 1.29 is 14.3 Å². The summed E-state index contributed by atoms with van der Waals surface area (Å²) in [6, 6.07) is 5.70. The summed E-state index contributed by atoms with van der Waals surface area (Å²) < 4.78 is 5.57. The first-order valence-electron chi connectivity index (χ1n) is 11.0. The Morgan fingerprint density at radius 3 is 2.97 bits per heavy atom. The van der Waals surface area contributed by atoms with Gasteiger partial charge in [0.25, 0.3) is 5.91 Å². The van der Waals surface area contributed by atoms with Crippen LogP contribution in [-0.4, -0.2) is 78.1 Å². The van der Waals surface area contributed by atoms with Gasteiger partial charge in [0.2, 0.25) is 5.91 Å². The fourth-order valence-electron chi connectivity index (χ4n) is 5.44. The summed E-state index contributed by atoms with van der Waals surface area (Å²) in [6.45, 7) is 6.97. The van der Waals surface area contributed by atoms with Gasteiger partial charge in [0.1, 0.15) is 5.69 Å². The summed E-state index contributed by atoms with van der Waals surface area (Å²) in [4.78, 5) is 34.2. The van der Waals surface area contributed by atoms with E-state index in [1.165, 1.54) is 0 Å². The molecule has 0 aliphatic carbocycles. The van der Waals surface area contributed by atoms with Crippen molar-refractivity contribution in [2.24, 2.45) is 11.8 Å². The van der Waals surface area contributed by atoms with Gasteiger partial charge in [0.05, 0.1) is 12.6 Å². The van der Waals surface area contributed by atoms with Gasteiger partial charge in [-0.1, -0.05) is 6.07 Å². The Kier molecular flexibility index (Phi) is 6.45. The third-order valence-electron chi connectivity index (χ3n) is 6.70. The fraction of sp³-hybridized carbons (Fsp3) is 0.682. The standard InChI is InChI=1S/C22H32N4O3/c1-2-29-11-10-25-14-16-12-17(15-25)20(26-19(16)7-5-8-21(26)27)13-24-22(28)18-6-3-4-9-23-18/h3-4,6,9,16-17,19-20H,2,5,7-8,10-15H2,1H3,(H,24,28)/t16-,17+,19+,20+/m1/s1. The van der Waals surface area contributed by atoms with Crippen LogP contribution in [0.1, 0.15) is 43.1 Å². The topological polar surface area (TPSA) is 74.8 Å². The van der Waals surface area contributed by atoms with E-state index in [2.05, 4.69) is 20.1 Å². The highest BCUT2D eigenvalue weighted by atomic mass is 16.5. The molecule has 3 fully saturated rings. The number of amides is 2. The molecule has 2 amide bonds. The zero-order chi connectivity index (χ0) is 20.2. The highest BCUT2D eigenvalue weighted by molar-refractivity contribution is 5.92. The lowest BCUT2D eigenvalue weighted by Crippen LogP contribution is -2.67. The SMILES string of the molecule is CCOCCN1C[C@H]2C[C@@H](C1)[C@H](CNC(=O)c1ccccn1)N1C(=O)CCC[C@@H]21. The van der Waals surface area contributed by atoms with Gasteiger partial charge < -0.3 is 19.9 Å². The van der Waals surface area contributed by atoms with Crippen molar-refractivity contribution in [3.05, 3.63) is 30.1 Å². The number of hydrogen-bond donors (Lipinski definition) is 1. The zero-order valence-electron chi connectivity index (χ0n) is 17.3. The van der Waals surface area contributed by atoms with Gasteiger partial charge in [-0.2, -0.15) is 0 Å². The molecule has 29 heavy (non-hydrogen) atoms. The van der Waals surface area contributed by atoms with Crippen molar-refractivity contribution in [2.45, 2.75) is 44.7 Å². The molecule has 3 aliphatic heterocycles. The van der Waals surface area contributed by atoms with Gasteiger partial charge in [-0.15, -0.1) is 0 Å². The maximum atomic E-state index is 12.8. The molecule has 1 aromatic heterocycles. The minimum absolute atomic E-state index is 0.0617. The lowest BCUT2D eigenvalue weighted by molar-refractivity contribution is -0.152. The summed E-state index contributed by atoms with van der Waals surface area (Å²) in [6.07, 6.45) is 5.46. The van der Waals surface area contributed by atoms with Crippen molar-refractivity contribution in [1.82, 2.24) is 20.1 Å². The van der Waals surface area contributed by atoms with Crippen LogP contribution in [0.25, 0.3) is 0 Å². The number of fused-ring (bicyclic) bond motifs is 4. The maximum absolute atomic E-state index is 12.8. The number of rotatable bonds is 7. The summed E-state index contributed by atoms with van der Waals surface area (Å²) in [5.74, 6) is 1.01. The van der Waals surface area contributed by atoms with Crippen molar-refractivity contribution >= 4 is 11.8 Å². The molecule has 7 heteroatoms. The first-order chi connectivity index (χ1) is 14.2. The summed E-state index contributed by atoms with van der Waals surface area (Å²) in [5.41, 5.74) is 0.421. The van der Waals surface area contributed by atoms with Crippen molar-refractivity contribution in [3.63, 3.8) is 0 Å². The second-order valence-corrected chi connectivity index (χ2v) is 8.47. The van der Waals surface area contributed by atoms with Crippen LogP contribution in [0.2, 0.25) is 0 Å². The lowest BCUT2D eigenvalue weighted by atomic mass is 9.72. The molecule has 4 atom stereocenters. The largest absolute Gasteiger partial charge is 0.380 e. The minimum atomic E-state index is -0.169. The van der Waals surface area contributed by atoms with Crippen LogP contribution in [-0.2, 0) is 9.53 Å². The highest BCUT2D eigenvalue weighted by Crippen LogP contribution is 2.41. The molecule has 3 saturated heterocycles. The maximum Gasteiger partial charge on any atom is 0.269 e. The monoisotopic (exact) mass is 400 g/mol. The molecule has 1 N–H and O–H groups in total. The normalized spacial score (nSPS) is 29.4. The number of aromatic nitrogens is 1. The molecule has 7 nitrogen and oxygen atoms in total. The third kappa shape index (κ3) is 4.46. The number of carbonyl (C=O) groups is 2. The van der Waals surface area contributed by atoms with E-state index in [0.717, 1.165) is 52.1 Å². The van der Waals surface area contributed by atoms with Gasteiger partial charge in [0, 0.05) is 51.4 Å². The van der Waals surface area contributed by atoms with Gasteiger partial charge in [-0.05, 0) is 50.2 Å². The molecule has 0 unspecified atom stereocenters. The first-order valence-corrected chi connectivity index (χ1v) is 11.0. The zero-order valence-corrected chi connectivity index (χ0v) is 17.3. The number of nitrogens with one attached hydrogen (secondary N) is 1. The second kappa shape index (κ2) is 9.22. The van der Waals surface area contributed by atoms with Crippen LogP contribution in [0.4, 0.5) is 0 Å². The molecule has 158 valence electrons. The summed E-state index contributed by atoms with van der Waals surface area (Å²) in [7, 11) is 0. The average Bonchev–Trinajstić information content (AvgIpc) is 2.75. The summed E-state index contributed by atoms with van der Waals surface area (Å²) in [5, 5.41) is 3.05. The molecule has 0 radical (unpaired) electrons. The first kappa shape index (κ1) is 20.3. The van der Waals surface area contributed by atoms with Gasteiger partial charge in [-0.25, -0.2) is 0 Å². The number of piperidine rings is 3. The van der Waals surface area contributed by atoms with E-state index in [1.807, 2.05) is 13.0 Å². The van der Waals surface area contributed by atoms with Gasteiger partial charge in [0.15, 0.2) is 0 Å². The minimum Gasteiger partial charge on any atom is -0.380 e. The number of likely N-dealkylation sites (tertiary alicyclic amines) is 1. The smallest absolute Gasteiger partial charge is 0.269 e. The quantitative estimate of drug-likeness (QED) is 0.703. The summed E-state index contributed by atoms with van der Waals surface area (Å²) >= 11 is 0. The van der Waals surface area contributed by atoms with E-state index in [-0.39, 0.29) is 17.9 Å². The molecule has 3 aliphatic rings. The Morgan fingerprint density at radius 2 is 2.17 bits per heavy atom. The van der Waals surface area contributed by atoms with E-state index in [9.17, 15) is 9.59 Å². The molecule has 0 aromatic carbocycles. The van der Waals surface area contributed by atoms with E-state index in [1.54, 1.807) is 18.3 Å². The molecule has 1 aromatic rings. The van der Waals surface area contributed by atoms with Crippen molar-refractivity contribution in [3.8, 4) is 0 Å². The average molecular weight is 401 g/mol. The highest BCUT2D eigenvalue weighted by Gasteiger charge is 2.49. The Balaban J connectivity index is 1.47. The van der Waals surface area contributed by atoms with Crippen LogP contribution < -0.4 is 5.32 Å². The Labute approximate surface area is 172 Å². The van der Waals surface area contributed by atoms with E-state index in [4.69, 9.17) is 4.74 Å². The van der Waals surface area contributed by atoms with Gasteiger partial charge >= 0.3 is 0 Å². The number of ether oxygens (including phenoxy) is 1. The molecule has 0 spiro atoms. The Hall–Kier alpha value is -1.99. The predicted molar refractivity (Wildman–Crippen MR) is 109 cm³/mol. The molecule has 2 bridgehead atoms. The predicted octanol–water partition coefficient (Wildman–Crippen LogP) is 1.55. The van der Waals surface area contributed by atoms with Crippen LogP contribution in [0.15, 0.2) is 24.4 Å². The van der Waals surface area contributed by atoms with Crippen LogP contribution in [0, 0.1) is 11.8 Å². The van der Waals surface area contributed by atoms with Gasteiger partial charge in [-0.3, -0.25) is 14.6 Å². The van der Waals surface area contributed by atoms with E-state index < -0.39 is 0 Å². The molecule has 4 rings (SSSR count). The van der Waals surface area contributed by atoms with Crippen LogP contribution in [0.5, 0.6) is 0 Å². The van der Waals surface area contributed by atoms with Crippen molar-refractivity contribution in [2.75, 3.05) is 39.4 Å². The van der Waals surface area contributed by atoms with Crippen LogP contribution in [0.3, 0.4) is 0 Å². The molecular formula is C22H32N4O3. The number of nitrogens with zero attached hydrogens (tertiary/aromatic N) is 3. The van der Waals surface area contributed by atoms with Crippen LogP contribution >= 0.6 is 0 Å². The number of pyridine rings is 1. The Bertz CT molecular complexity index is 713. The van der Waals surface area contributed by atoms with E-state index in [0.29, 0.717) is 36.5 Å².